The molecule has 462 valence electrons. The summed E-state index contributed by atoms with van der Waals surface area (Å²) in [5.74, 6) is -2.10. The van der Waals surface area contributed by atoms with Crippen LogP contribution in [0.5, 0.6) is 0 Å². The van der Waals surface area contributed by atoms with Crippen molar-refractivity contribution in [2.75, 3.05) is 47.5 Å². The number of quaternary nitrogens is 1. The Hall–Kier alpha value is -5.87. The normalized spacial score (nSPS) is 14.1. The fourth-order valence-corrected chi connectivity index (χ4v) is 7.57. The zero-order valence-electron chi connectivity index (χ0n) is 52.5. The Morgan fingerprint density at radius 3 is 0.952 bits per heavy atom. The summed E-state index contributed by atoms with van der Waals surface area (Å²) in [6.07, 6.45) is 93.7. The second kappa shape index (κ2) is 62.2. The third kappa shape index (κ3) is 63.6. The molecule has 0 spiro atoms. The number of aliphatic carboxylic acids is 1. The van der Waals surface area contributed by atoms with Gasteiger partial charge in [-0.05, 0) is 141 Å². The van der Waals surface area contributed by atoms with E-state index >= 15 is 0 Å². The highest BCUT2D eigenvalue weighted by Gasteiger charge is 2.25. The third-order valence-electron chi connectivity index (χ3n) is 12.3. The standard InChI is InChI=1S/C74H113NO8/c1-6-8-10-12-14-16-18-20-22-24-26-28-30-31-32-33-34-35-36-37-38-39-40-41-43-45-47-49-51-53-55-57-59-61-63-65-72(77)83-70(69-82-74(73(78)79)80-67-66-75(3,4)5)68-81-71(76)64-62-60-58-56-54-52-50-48-46-44-42-29-27-25-23-21-19-17-15-13-11-9-7-2/h8-11,14-17,20-23,26-29,31-32,34-35,37-38,40-41,44-47,50-53,70,74H,6-7,12-13,18-19,24-25,30,33,36,39,42-43,48-49,54-69H2,1-5H3/p+1/b10-8-,11-9-,16-14-,17-15-,22-20-,23-21-,28-26-,29-27-,32-31-,35-34-,38-37-,41-40-,46-44-,47-45-,52-50-,53-51-. The lowest BCUT2D eigenvalue weighted by molar-refractivity contribution is -0.870. The number of carboxylic acid groups (broad SMARTS) is 1. The average Bonchev–Trinajstić information content (AvgIpc) is 3.46. The van der Waals surface area contributed by atoms with Crippen molar-refractivity contribution in [2.24, 2.45) is 0 Å². The highest BCUT2D eigenvalue weighted by molar-refractivity contribution is 5.71. The number of hydrogen-bond donors (Lipinski definition) is 1. The maximum Gasteiger partial charge on any atom is 0.361 e. The van der Waals surface area contributed by atoms with Gasteiger partial charge in [0, 0.05) is 12.8 Å². The first kappa shape index (κ1) is 77.1. The molecule has 1 N–H and O–H groups in total. The van der Waals surface area contributed by atoms with E-state index in [4.69, 9.17) is 18.9 Å². The molecule has 0 fully saturated rings. The molecule has 0 aliphatic heterocycles. The molecule has 0 aromatic carbocycles. The van der Waals surface area contributed by atoms with Gasteiger partial charge in [-0.15, -0.1) is 0 Å². The van der Waals surface area contributed by atoms with Gasteiger partial charge in [0.1, 0.15) is 13.2 Å². The van der Waals surface area contributed by atoms with Crippen molar-refractivity contribution in [3.05, 3.63) is 194 Å². The molecule has 0 aliphatic carbocycles. The van der Waals surface area contributed by atoms with E-state index in [-0.39, 0.29) is 38.6 Å². The van der Waals surface area contributed by atoms with Gasteiger partial charge in [-0.25, -0.2) is 4.79 Å². The van der Waals surface area contributed by atoms with Crippen molar-refractivity contribution in [1.29, 1.82) is 0 Å². The Labute approximate surface area is 506 Å². The van der Waals surface area contributed by atoms with Gasteiger partial charge in [0.15, 0.2) is 6.10 Å². The van der Waals surface area contributed by atoms with Crippen LogP contribution in [0.2, 0.25) is 0 Å². The molecule has 0 saturated heterocycles. The minimum absolute atomic E-state index is 0.165. The van der Waals surface area contributed by atoms with Crippen LogP contribution in [-0.2, 0) is 33.3 Å². The highest BCUT2D eigenvalue weighted by atomic mass is 16.7. The minimum atomic E-state index is -1.54. The molecule has 0 bridgehead atoms. The van der Waals surface area contributed by atoms with E-state index in [2.05, 4.69) is 208 Å². The van der Waals surface area contributed by atoms with Crippen molar-refractivity contribution in [2.45, 2.75) is 206 Å². The second-order valence-electron chi connectivity index (χ2n) is 21.2. The summed E-state index contributed by atoms with van der Waals surface area (Å²) in [5.41, 5.74) is 0. The predicted octanol–water partition coefficient (Wildman–Crippen LogP) is 19.5. The number of hydrogen-bond acceptors (Lipinski definition) is 7. The van der Waals surface area contributed by atoms with Crippen molar-refractivity contribution in [1.82, 2.24) is 0 Å². The number of nitrogens with zero attached hydrogens (tertiary/aromatic N) is 1. The molecule has 0 aliphatic rings. The third-order valence-corrected chi connectivity index (χ3v) is 12.3. The van der Waals surface area contributed by atoms with Gasteiger partial charge >= 0.3 is 17.9 Å². The fraction of sp³-hybridized carbons (Fsp3) is 0.527. The van der Waals surface area contributed by atoms with Crippen molar-refractivity contribution >= 4 is 17.9 Å². The topological polar surface area (TPSA) is 108 Å². The average molecular weight is 1150 g/mol. The van der Waals surface area contributed by atoms with Gasteiger partial charge in [0.25, 0.3) is 6.29 Å². The summed E-state index contributed by atoms with van der Waals surface area (Å²) in [5, 5.41) is 9.72. The van der Waals surface area contributed by atoms with Crippen LogP contribution in [0.3, 0.4) is 0 Å². The highest BCUT2D eigenvalue weighted by Crippen LogP contribution is 2.12. The summed E-state index contributed by atoms with van der Waals surface area (Å²) in [7, 11) is 5.93. The van der Waals surface area contributed by atoms with Gasteiger partial charge in [-0.1, -0.05) is 234 Å². The number of rotatable bonds is 55. The van der Waals surface area contributed by atoms with Crippen LogP contribution in [0, 0.1) is 0 Å². The van der Waals surface area contributed by atoms with E-state index in [1.54, 1.807) is 0 Å². The fourth-order valence-electron chi connectivity index (χ4n) is 7.57. The quantitative estimate of drug-likeness (QED) is 0.0211. The lowest BCUT2D eigenvalue weighted by Gasteiger charge is -2.25. The first-order valence-electron chi connectivity index (χ1n) is 31.6. The Kier molecular flexibility index (Phi) is 57.8. The molecule has 0 rings (SSSR count). The first-order valence-corrected chi connectivity index (χ1v) is 31.6. The van der Waals surface area contributed by atoms with Gasteiger partial charge < -0.3 is 28.5 Å². The number of unbranched alkanes of at least 4 members (excludes halogenated alkanes) is 8. The van der Waals surface area contributed by atoms with E-state index in [0.29, 0.717) is 23.9 Å². The SMILES string of the molecule is CC/C=C\C/C=C\C/C=C\C/C=C\C/C=C\C/C=C\C/C=C\C/C=C\C/C=C\C/C=C\CCCCCCC(=O)OC(COC(=O)CCCCCC/C=C\C/C=C\C/C=C\C/C=C\C/C=C\C/C=C\CC)COC(OCC[N+](C)(C)C)C(=O)O. The number of allylic oxidation sites excluding steroid dienone is 32. The van der Waals surface area contributed by atoms with Crippen LogP contribution in [-0.4, -0.2) is 87.4 Å². The maximum absolute atomic E-state index is 12.9. The predicted molar refractivity (Wildman–Crippen MR) is 354 cm³/mol. The van der Waals surface area contributed by atoms with Crippen LogP contribution >= 0.6 is 0 Å². The van der Waals surface area contributed by atoms with Crippen molar-refractivity contribution in [3.8, 4) is 0 Å². The molecular weight excluding hydrogens is 1030 g/mol. The molecule has 9 nitrogen and oxygen atoms in total. The molecule has 0 heterocycles. The summed E-state index contributed by atoms with van der Waals surface area (Å²) in [6, 6.07) is 0. The van der Waals surface area contributed by atoms with E-state index in [1.807, 2.05) is 21.1 Å². The minimum Gasteiger partial charge on any atom is -0.477 e. The summed E-state index contributed by atoms with van der Waals surface area (Å²) in [6.45, 7) is 4.55. The molecular formula is C74H114NO8+. The van der Waals surface area contributed by atoms with Crippen molar-refractivity contribution < 1.29 is 42.9 Å². The number of carbonyl (C=O) groups is 3. The lowest BCUT2D eigenvalue weighted by Crippen LogP contribution is -2.40. The number of ether oxygens (including phenoxy) is 4. The molecule has 0 amide bonds. The molecule has 2 unspecified atom stereocenters. The smallest absolute Gasteiger partial charge is 0.361 e. The molecule has 83 heavy (non-hydrogen) atoms. The number of carboxylic acids is 1. The molecule has 9 heteroatoms. The number of likely N-dealkylation sites (N-methyl/N-ethyl adjacent to an activating group) is 1. The Morgan fingerprint density at radius 1 is 0.361 bits per heavy atom. The maximum atomic E-state index is 12.9. The lowest BCUT2D eigenvalue weighted by atomic mass is 10.1. The Bertz CT molecular complexity index is 2060. The second-order valence-corrected chi connectivity index (χ2v) is 21.2. The van der Waals surface area contributed by atoms with E-state index in [9.17, 15) is 19.5 Å². The van der Waals surface area contributed by atoms with Gasteiger partial charge in [0.05, 0.1) is 34.4 Å². The van der Waals surface area contributed by atoms with Gasteiger partial charge in [-0.3, -0.25) is 9.59 Å². The molecule has 0 aromatic heterocycles. The summed E-state index contributed by atoms with van der Waals surface area (Å²) >= 11 is 0. The van der Waals surface area contributed by atoms with Crippen LogP contribution in [0.4, 0.5) is 0 Å². The van der Waals surface area contributed by atoms with Gasteiger partial charge in [-0.2, -0.15) is 0 Å². The molecule has 0 radical (unpaired) electrons. The molecule has 2 atom stereocenters. The number of esters is 2. The van der Waals surface area contributed by atoms with Crippen LogP contribution in [0.15, 0.2) is 194 Å². The number of carbonyl (C=O) groups excluding carboxylic acids is 2. The van der Waals surface area contributed by atoms with Gasteiger partial charge in [0.2, 0.25) is 0 Å². The zero-order valence-corrected chi connectivity index (χ0v) is 52.5. The van der Waals surface area contributed by atoms with E-state index in [1.165, 1.54) is 0 Å². The van der Waals surface area contributed by atoms with E-state index < -0.39 is 24.3 Å². The molecule has 0 aromatic rings. The molecule has 0 saturated carbocycles. The Morgan fingerprint density at radius 2 is 0.651 bits per heavy atom. The zero-order chi connectivity index (χ0) is 60.5. The van der Waals surface area contributed by atoms with E-state index in [0.717, 1.165) is 154 Å². The largest absolute Gasteiger partial charge is 0.477 e. The summed E-state index contributed by atoms with van der Waals surface area (Å²) in [4.78, 5) is 37.5. The Balaban J connectivity index is 4.37. The van der Waals surface area contributed by atoms with Crippen LogP contribution in [0.1, 0.15) is 194 Å². The van der Waals surface area contributed by atoms with Crippen LogP contribution in [0.25, 0.3) is 0 Å². The summed E-state index contributed by atoms with van der Waals surface area (Å²) < 4.78 is 22.8. The first-order chi connectivity index (χ1) is 40.6. The van der Waals surface area contributed by atoms with Crippen LogP contribution < -0.4 is 0 Å². The monoisotopic (exact) mass is 1140 g/mol. The van der Waals surface area contributed by atoms with Crippen molar-refractivity contribution in [3.63, 3.8) is 0 Å².